The van der Waals surface area contributed by atoms with Crippen molar-refractivity contribution in [3.63, 3.8) is 0 Å². The van der Waals surface area contributed by atoms with Crippen LogP contribution in [-0.2, 0) is 27.6 Å². The van der Waals surface area contributed by atoms with Gasteiger partial charge < -0.3 is 19.0 Å². The number of aromatic nitrogens is 3. The lowest BCUT2D eigenvalue weighted by atomic mass is 10.1. The Balaban J connectivity index is 1.45. The number of benzene rings is 3. The molecule has 47 heavy (non-hydrogen) atoms. The Kier molecular flexibility index (Phi) is 9.69. The van der Waals surface area contributed by atoms with Crippen molar-refractivity contribution in [2.75, 3.05) is 12.9 Å². The zero-order valence-corrected chi connectivity index (χ0v) is 24.9. The van der Waals surface area contributed by atoms with Crippen LogP contribution in [-0.4, -0.2) is 45.9 Å². The molecule has 1 unspecified atom stereocenters. The fourth-order valence-corrected chi connectivity index (χ4v) is 5.23. The van der Waals surface area contributed by atoms with Crippen LogP contribution in [0.3, 0.4) is 0 Å². The van der Waals surface area contributed by atoms with E-state index in [4.69, 9.17) is 9.15 Å². The van der Waals surface area contributed by atoms with E-state index in [1.165, 1.54) is 36.0 Å². The van der Waals surface area contributed by atoms with Crippen molar-refractivity contribution < 1.29 is 49.6 Å². The molecule has 2 heterocycles. The number of carbonyl (C=O) groups is 2. The Bertz CT molecular complexity index is 1840. The number of oxazole rings is 1. The van der Waals surface area contributed by atoms with Crippen LogP contribution in [0.25, 0.3) is 34.2 Å². The second-order valence-corrected chi connectivity index (χ2v) is 10.9. The second-order valence-electron chi connectivity index (χ2n) is 9.82. The van der Waals surface area contributed by atoms with Gasteiger partial charge in [0.05, 0.1) is 12.7 Å². The number of rotatable bonds is 10. The van der Waals surface area contributed by atoms with E-state index in [1.54, 1.807) is 0 Å². The Morgan fingerprint density at radius 3 is 2.09 bits per heavy atom. The van der Waals surface area contributed by atoms with Crippen LogP contribution in [0, 0.1) is 0 Å². The molecule has 0 aliphatic heterocycles. The van der Waals surface area contributed by atoms with Crippen molar-refractivity contribution >= 4 is 23.6 Å². The third kappa shape index (κ3) is 8.00. The topological polar surface area (TPSA) is 120 Å². The van der Waals surface area contributed by atoms with Crippen molar-refractivity contribution in [3.05, 3.63) is 102 Å². The van der Waals surface area contributed by atoms with Crippen molar-refractivity contribution in [1.82, 2.24) is 20.4 Å². The lowest BCUT2D eigenvalue weighted by Gasteiger charge is -2.16. The maximum Gasteiger partial charge on any atom is 0.471 e. The molecule has 1 amide bonds. The number of methoxy groups -OCH3 is 1. The smallest absolute Gasteiger partial charge is 0.467 e. The summed E-state index contributed by atoms with van der Waals surface area (Å²) in [6.07, 6.45) is -9.43. The normalized spacial score (nSPS) is 12.5. The summed E-state index contributed by atoms with van der Waals surface area (Å²) in [4.78, 5) is 33.7. The van der Waals surface area contributed by atoms with E-state index in [0.717, 1.165) is 36.9 Å². The quantitative estimate of drug-likeness (QED) is 0.120. The largest absolute Gasteiger partial charge is 0.471 e. The molecule has 5 rings (SSSR count). The number of thioether (sulfide) groups is 1. The summed E-state index contributed by atoms with van der Waals surface area (Å²) >= 11 is 1.36. The molecule has 0 spiro atoms. The van der Waals surface area contributed by atoms with Gasteiger partial charge >= 0.3 is 24.2 Å². The first kappa shape index (κ1) is 33.2. The minimum absolute atomic E-state index is 0.115. The summed E-state index contributed by atoms with van der Waals surface area (Å²) in [6.45, 7) is 0. The lowest BCUT2D eigenvalue weighted by molar-refractivity contribution is -0.159. The molecule has 9 nitrogen and oxygen atoms in total. The fourth-order valence-electron chi connectivity index (χ4n) is 4.23. The van der Waals surface area contributed by atoms with Gasteiger partial charge in [0.2, 0.25) is 11.7 Å². The first-order valence-corrected chi connectivity index (χ1v) is 14.7. The SMILES string of the molecule is COC(=O)C(CSCc1ccccc1)NC(=O)c1nc(-c2ccc(C(F)(F)F)cc2)oc1-c1ccc(-c2noc(C(F)(F)F)n2)cc1. The van der Waals surface area contributed by atoms with Gasteiger partial charge in [0, 0.05) is 28.2 Å². The zero-order valence-electron chi connectivity index (χ0n) is 24.1. The van der Waals surface area contributed by atoms with Gasteiger partial charge in [-0.1, -0.05) is 59.8 Å². The summed E-state index contributed by atoms with van der Waals surface area (Å²) in [5.74, 6) is -3.13. The number of hydrogen-bond donors (Lipinski definition) is 1. The van der Waals surface area contributed by atoms with Gasteiger partial charge in [-0.05, 0) is 29.8 Å². The number of hydrogen-bond acceptors (Lipinski definition) is 9. The molecule has 2 aromatic heterocycles. The number of amides is 1. The van der Waals surface area contributed by atoms with E-state index in [9.17, 15) is 35.9 Å². The second kappa shape index (κ2) is 13.7. The summed E-state index contributed by atoms with van der Waals surface area (Å²) in [5, 5.41) is 5.92. The molecule has 0 radical (unpaired) electrons. The zero-order chi connectivity index (χ0) is 33.8. The number of ether oxygens (including phenoxy) is 1. The first-order valence-electron chi connectivity index (χ1n) is 13.5. The highest BCUT2D eigenvalue weighted by molar-refractivity contribution is 7.98. The third-order valence-electron chi connectivity index (χ3n) is 6.56. The summed E-state index contributed by atoms with van der Waals surface area (Å²) < 4.78 is 93.1. The minimum atomic E-state index is -4.84. The van der Waals surface area contributed by atoms with Crippen LogP contribution >= 0.6 is 11.8 Å². The monoisotopic (exact) mass is 676 g/mol. The predicted octanol–water partition coefficient (Wildman–Crippen LogP) is 7.30. The average molecular weight is 677 g/mol. The summed E-state index contributed by atoms with van der Waals surface area (Å²) in [7, 11) is 1.16. The predicted molar refractivity (Wildman–Crippen MR) is 157 cm³/mol. The number of halogens is 6. The molecule has 0 saturated carbocycles. The first-order chi connectivity index (χ1) is 22.3. The molecule has 1 atom stereocenters. The molecule has 244 valence electrons. The van der Waals surface area contributed by atoms with Crippen molar-refractivity contribution in [3.8, 4) is 34.2 Å². The molecule has 0 aliphatic rings. The lowest BCUT2D eigenvalue weighted by Crippen LogP contribution is -2.43. The molecular weight excluding hydrogens is 654 g/mol. The maximum absolute atomic E-state index is 13.6. The van der Waals surface area contributed by atoms with Crippen LogP contribution in [0.1, 0.15) is 27.5 Å². The van der Waals surface area contributed by atoms with Crippen molar-refractivity contribution in [2.24, 2.45) is 0 Å². The number of nitrogens with one attached hydrogen (secondary N) is 1. The van der Waals surface area contributed by atoms with E-state index in [0.29, 0.717) is 5.75 Å². The standard InChI is InChI=1S/C31H22F6N4O5S/c1-44-28(43)22(16-47-15-17-5-3-2-4-6-17)38-26(42)23-24(45-27(39-23)20-11-13-21(14-12-20)30(32,33)34)18-7-9-19(10-8-18)25-40-29(46-41-25)31(35,36)37/h2-14,22H,15-16H2,1H3,(H,38,42). The van der Waals surface area contributed by atoms with Crippen molar-refractivity contribution in [1.29, 1.82) is 0 Å². The molecule has 0 aliphatic carbocycles. The van der Waals surface area contributed by atoms with Crippen LogP contribution in [0.15, 0.2) is 87.8 Å². The van der Waals surface area contributed by atoms with Gasteiger partial charge in [-0.2, -0.15) is 43.1 Å². The van der Waals surface area contributed by atoms with E-state index < -0.39 is 41.7 Å². The summed E-state index contributed by atoms with van der Waals surface area (Å²) in [6, 6.07) is 17.7. The number of alkyl halides is 6. The van der Waals surface area contributed by atoms with Gasteiger partial charge in [0.25, 0.3) is 5.91 Å². The molecular formula is C31H22F6N4O5S. The molecule has 0 fully saturated rings. The van der Waals surface area contributed by atoms with E-state index in [2.05, 4.69) is 25.0 Å². The highest BCUT2D eigenvalue weighted by Crippen LogP contribution is 2.35. The van der Waals surface area contributed by atoms with Crippen LogP contribution in [0.5, 0.6) is 0 Å². The van der Waals surface area contributed by atoms with Crippen LogP contribution < -0.4 is 5.32 Å². The van der Waals surface area contributed by atoms with Crippen LogP contribution in [0.4, 0.5) is 26.3 Å². The van der Waals surface area contributed by atoms with Crippen LogP contribution in [0.2, 0.25) is 0 Å². The van der Waals surface area contributed by atoms with Gasteiger partial charge in [-0.25, -0.2) is 9.78 Å². The molecule has 5 aromatic rings. The highest BCUT2D eigenvalue weighted by atomic mass is 32.2. The Morgan fingerprint density at radius 2 is 1.49 bits per heavy atom. The van der Waals surface area contributed by atoms with Gasteiger partial charge in [-0.3, -0.25) is 4.79 Å². The maximum atomic E-state index is 13.6. The molecule has 1 N–H and O–H groups in total. The molecule has 0 saturated heterocycles. The van der Waals surface area contributed by atoms with Gasteiger partial charge in [0.1, 0.15) is 6.04 Å². The molecule has 16 heteroatoms. The number of carbonyl (C=O) groups excluding carboxylic acids is 2. The third-order valence-corrected chi connectivity index (χ3v) is 7.67. The Labute approximate surface area is 266 Å². The van der Waals surface area contributed by atoms with E-state index >= 15 is 0 Å². The number of esters is 1. The Morgan fingerprint density at radius 1 is 0.851 bits per heavy atom. The average Bonchev–Trinajstić information content (AvgIpc) is 3.73. The molecule has 3 aromatic carbocycles. The molecule has 0 bridgehead atoms. The van der Waals surface area contributed by atoms with E-state index in [1.807, 2.05) is 30.3 Å². The summed E-state index contributed by atoms with van der Waals surface area (Å²) in [5.41, 5.74) is 0.245. The van der Waals surface area contributed by atoms with Crippen molar-refractivity contribution in [2.45, 2.75) is 24.1 Å². The van der Waals surface area contributed by atoms with Gasteiger partial charge in [0.15, 0.2) is 11.5 Å². The highest BCUT2D eigenvalue weighted by Gasteiger charge is 2.38. The fraction of sp³-hybridized carbons (Fsp3) is 0.194. The van der Waals surface area contributed by atoms with Gasteiger partial charge in [-0.15, -0.1) is 0 Å². The number of nitrogens with zero attached hydrogens (tertiary/aromatic N) is 3. The van der Waals surface area contributed by atoms with E-state index in [-0.39, 0.29) is 45.6 Å². The Hall–Kier alpha value is -5.12. The minimum Gasteiger partial charge on any atom is -0.467 e.